The van der Waals surface area contributed by atoms with Gasteiger partial charge < -0.3 is 15.0 Å². The number of piperidine rings is 1. The molecule has 12 nitrogen and oxygen atoms in total. The molecule has 1 aliphatic heterocycles. The molecule has 0 saturated carbocycles. The second kappa shape index (κ2) is 14.5. The van der Waals surface area contributed by atoms with E-state index in [4.69, 9.17) is 10.3 Å². The lowest BCUT2D eigenvalue weighted by molar-refractivity contribution is 0.122. The second-order valence-corrected chi connectivity index (χ2v) is 12.0. The smallest absolute Gasteiger partial charge is 0.322 e. The van der Waals surface area contributed by atoms with E-state index in [1.54, 1.807) is 36.4 Å². The molecule has 1 fully saturated rings. The number of benzene rings is 2. The molecule has 0 aliphatic carbocycles. The number of anilines is 2. The molecule has 0 radical (unpaired) electrons. The number of nitrogens with one attached hydrogen (secondary N) is 2. The molecule has 0 unspecified atom stereocenters. The summed E-state index contributed by atoms with van der Waals surface area (Å²) in [5.41, 5.74) is 10.8. The van der Waals surface area contributed by atoms with Gasteiger partial charge in [-0.2, -0.15) is 0 Å². The van der Waals surface area contributed by atoms with Gasteiger partial charge in [0.15, 0.2) is 0 Å². The van der Waals surface area contributed by atoms with E-state index in [0.29, 0.717) is 29.4 Å². The Morgan fingerprint density at radius 3 is 2.29 bits per heavy atom. The number of likely N-dealkylation sites (tertiary alicyclic amines) is 1. The van der Waals surface area contributed by atoms with E-state index in [9.17, 15) is 13.2 Å². The number of rotatable bonds is 12. The fourth-order valence-electron chi connectivity index (χ4n) is 4.79. The summed E-state index contributed by atoms with van der Waals surface area (Å²) in [5.74, 6) is 1.56. The van der Waals surface area contributed by atoms with Crippen molar-refractivity contribution in [2.24, 2.45) is 5.11 Å². The molecule has 42 heavy (non-hydrogen) atoms. The Morgan fingerprint density at radius 2 is 1.71 bits per heavy atom. The molecule has 1 saturated heterocycles. The highest BCUT2D eigenvalue weighted by Crippen LogP contribution is 2.25. The van der Waals surface area contributed by atoms with Crippen molar-refractivity contribution in [3.8, 4) is 11.5 Å². The third-order valence-electron chi connectivity index (χ3n) is 6.88. The van der Waals surface area contributed by atoms with Crippen LogP contribution in [-0.2, 0) is 16.6 Å². The second-order valence-electron chi connectivity index (χ2n) is 10.2. The number of sulfonamides is 1. The van der Waals surface area contributed by atoms with Crippen LogP contribution in [0.3, 0.4) is 0 Å². The van der Waals surface area contributed by atoms with Gasteiger partial charge in [-0.1, -0.05) is 25.5 Å². The lowest BCUT2D eigenvalue weighted by Crippen LogP contribution is -2.49. The first-order valence-electron chi connectivity index (χ1n) is 13.9. The first-order valence-corrected chi connectivity index (χ1v) is 15.8. The van der Waals surface area contributed by atoms with Crippen molar-refractivity contribution in [2.45, 2.75) is 45.2 Å². The fraction of sp³-hybridized carbons (Fsp3) is 0.379. The first kappa shape index (κ1) is 30.6. The highest BCUT2D eigenvalue weighted by atomic mass is 32.2. The average molecular weight is 593 g/mol. The van der Waals surface area contributed by atoms with Crippen LogP contribution in [0.4, 0.5) is 22.0 Å². The van der Waals surface area contributed by atoms with Crippen molar-refractivity contribution in [3.63, 3.8) is 0 Å². The van der Waals surface area contributed by atoms with Gasteiger partial charge in [0.25, 0.3) is 0 Å². The normalized spacial score (nSPS) is 14.0. The Bertz CT molecular complexity index is 1470. The molecule has 2 aromatic carbocycles. The molecular weight excluding hydrogens is 556 g/mol. The van der Waals surface area contributed by atoms with E-state index in [1.807, 2.05) is 29.2 Å². The van der Waals surface area contributed by atoms with Crippen LogP contribution in [0.15, 0.2) is 72.0 Å². The topological polar surface area (TPSA) is 153 Å². The number of urea groups is 1. The van der Waals surface area contributed by atoms with Gasteiger partial charge in [0.05, 0.1) is 18.1 Å². The molecule has 2 heterocycles. The summed E-state index contributed by atoms with van der Waals surface area (Å²) < 4.78 is 31.1. The largest absolute Gasteiger partial charge is 0.457 e. The minimum absolute atomic E-state index is 0.142. The van der Waals surface area contributed by atoms with Crippen molar-refractivity contribution < 1.29 is 17.9 Å². The minimum Gasteiger partial charge on any atom is -0.457 e. The van der Waals surface area contributed by atoms with Crippen LogP contribution in [0, 0.1) is 0 Å². The zero-order valence-corrected chi connectivity index (χ0v) is 24.6. The number of amides is 2. The van der Waals surface area contributed by atoms with Crippen LogP contribution in [-0.4, -0.2) is 61.2 Å². The Labute approximate surface area is 246 Å². The average Bonchev–Trinajstić information content (AvgIpc) is 2.96. The number of azide groups is 1. The Balaban J connectivity index is 1.27. The molecule has 0 atom stereocenters. The summed E-state index contributed by atoms with van der Waals surface area (Å²) in [6, 6.07) is 17.9. The zero-order valence-electron chi connectivity index (χ0n) is 23.8. The molecule has 0 bridgehead atoms. The predicted molar refractivity (Wildman–Crippen MR) is 163 cm³/mol. The van der Waals surface area contributed by atoms with Crippen LogP contribution in [0.2, 0.25) is 0 Å². The Morgan fingerprint density at radius 1 is 1.07 bits per heavy atom. The van der Waals surface area contributed by atoms with Crippen molar-refractivity contribution >= 4 is 33.2 Å². The molecule has 222 valence electrons. The monoisotopic (exact) mass is 592 g/mol. The Hall–Kier alpha value is -4.32. The quantitative estimate of drug-likeness (QED) is 0.139. The molecule has 2 N–H and O–H groups in total. The summed E-state index contributed by atoms with van der Waals surface area (Å²) in [7, 11) is -3.32. The maximum atomic E-state index is 13.2. The number of hydrogen-bond donors (Lipinski definition) is 2. The van der Waals surface area contributed by atoms with Gasteiger partial charge in [0, 0.05) is 42.8 Å². The summed E-state index contributed by atoms with van der Waals surface area (Å²) in [6.45, 7) is 5.38. The summed E-state index contributed by atoms with van der Waals surface area (Å²) in [6.07, 6.45) is 6.30. The van der Waals surface area contributed by atoms with Gasteiger partial charge in [-0.05, 0) is 84.0 Å². The van der Waals surface area contributed by atoms with E-state index >= 15 is 0 Å². The summed E-state index contributed by atoms with van der Waals surface area (Å²) >= 11 is 0. The van der Waals surface area contributed by atoms with Crippen LogP contribution < -0.4 is 14.8 Å². The molecule has 1 aliphatic rings. The maximum Gasteiger partial charge on any atom is 0.322 e. The summed E-state index contributed by atoms with van der Waals surface area (Å²) in [4.78, 5) is 24.3. The Kier molecular flexibility index (Phi) is 10.6. The van der Waals surface area contributed by atoms with Crippen molar-refractivity contribution in [3.05, 3.63) is 82.9 Å². The van der Waals surface area contributed by atoms with E-state index in [2.05, 4.69) is 36.9 Å². The number of aromatic nitrogens is 1. The molecule has 3 aromatic rings. The number of unbranched alkanes of at least 4 members (excludes halogenated alkanes) is 1. The van der Waals surface area contributed by atoms with Crippen molar-refractivity contribution in [1.82, 2.24) is 14.8 Å². The highest BCUT2D eigenvalue weighted by molar-refractivity contribution is 7.92. The van der Waals surface area contributed by atoms with Crippen molar-refractivity contribution in [1.29, 1.82) is 0 Å². The van der Waals surface area contributed by atoms with Gasteiger partial charge in [-0.3, -0.25) is 14.6 Å². The number of hydrogen-bond acceptors (Lipinski definition) is 7. The van der Waals surface area contributed by atoms with E-state index in [-0.39, 0.29) is 17.9 Å². The third-order valence-corrected chi connectivity index (χ3v) is 7.49. The SMILES string of the molecule is CCCCN(C(=O)Nc1ccc(N=[N+]=[N-])nc1)C1CCN(Cc2ccc(Oc3ccc(NS(C)(=O)=O)cc3)cc2)CC1. The van der Waals surface area contributed by atoms with Gasteiger partial charge in [-0.25, -0.2) is 13.2 Å². The standard InChI is InChI=1S/C29H36N8O4S/c1-3-4-17-37(29(38)32-24-9-14-28(31-20-24)33-35-30)25-15-18-36(19-16-25)21-22-5-10-26(11-6-22)41-27-12-7-23(8-13-27)34-42(2,39)40/h5-14,20,25,34H,3-4,15-19,21H2,1-2H3,(H,32,38). The van der Waals surface area contributed by atoms with Crippen LogP contribution in [0.5, 0.6) is 11.5 Å². The van der Waals surface area contributed by atoms with Gasteiger partial charge in [-0.15, -0.1) is 0 Å². The first-order chi connectivity index (χ1) is 20.2. The van der Waals surface area contributed by atoms with Crippen LogP contribution in [0.25, 0.3) is 10.4 Å². The van der Waals surface area contributed by atoms with E-state index in [0.717, 1.165) is 51.6 Å². The molecule has 2 amide bonds. The fourth-order valence-corrected chi connectivity index (χ4v) is 5.35. The molecule has 0 spiro atoms. The zero-order chi connectivity index (χ0) is 30.0. The van der Waals surface area contributed by atoms with Gasteiger partial charge >= 0.3 is 6.03 Å². The number of carbonyl (C=O) groups excluding carboxylic acids is 1. The number of pyridine rings is 1. The summed E-state index contributed by atoms with van der Waals surface area (Å²) in [5, 5.41) is 6.40. The molecule has 1 aromatic heterocycles. The molecular formula is C29H36N8O4S. The number of carbonyl (C=O) groups is 1. The minimum atomic E-state index is -3.32. The number of nitrogens with zero attached hydrogens (tertiary/aromatic N) is 6. The molecule has 4 rings (SSSR count). The third kappa shape index (κ3) is 9.37. The van der Waals surface area contributed by atoms with Crippen LogP contribution >= 0.6 is 0 Å². The number of ether oxygens (including phenoxy) is 1. The van der Waals surface area contributed by atoms with Crippen molar-refractivity contribution in [2.75, 3.05) is 35.9 Å². The van der Waals surface area contributed by atoms with E-state index in [1.165, 1.54) is 11.8 Å². The van der Waals surface area contributed by atoms with Crippen LogP contribution in [0.1, 0.15) is 38.2 Å². The van der Waals surface area contributed by atoms with Gasteiger partial charge in [0.2, 0.25) is 10.0 Å². The maximum absolute atomic E-state index is 13.2. The van der Waals surface area contributed by atoms with E-state index < -0.39 is 10.0 Å². The predicted octanol–water partition coefficient (Wildman–Crippen LogP) is 6.49. The lowest BCUT2D eigenvalue weighted by Gasteiger charge is -2.38. The lowest BCUT2D eigenvalue weighted by atomic mass is 10.0. The molecule has 13 heteroatoms. The highest BCUT2D eigenvalue weighted by Gasteiger charge is 2.28. The van der Waals surface area contributed by atoms with Gasteiger partial charge in [0.1, 0.15) is 17.3 Å².